The van der Waals surface area contributed by atoms with Crippen molar-refractivity contribution in [3.8, 4) is 23.0 Å². The maximum atomic E-state index is 13.6. The van der Waals surface area contributed by atoms with Crippen LogP contribution in [0.3, 0.4) is 0 Å². The van der Waals surface area contributed by atoms with Crippen LogP contribution in [-0.4, -0.2) is 229 Å². The van der Waals surface area contributed by atoms with Crippen molar-refractivity contribution in [2.24, 2.45) is 0 Å². The van der Waals surface area contributed by atoms with Gasteiger partial charge in [-0.2, -0.15) is 0 Å². The van der Waals surface area contributed by atoms with Gasteiger partial charge in [-0.3, -0.25) is 43.4 Å². The summed E-state index contributed by atoms with van der Waals surface area (Å²) in [5.41, 5.74) is -0.360. The molecule has 0 aliphatic rings. The molecule has 4 aromatic carbocycles. The fraction of sp³-hybridized carbons (Fsp3) is 0.404. The Morgan fingerprint density at radius 2 is 0.631 bits per heavy atom. The molecule has 0 aliphatic carbocycles. The van der Waals surface area contributed by atoms with E-state index in [0.717, 1.165) is 0 Å². The average molecular weight is 1170 g/mol. The van der Waals surface area contributed by atoms with E-state index in [9.17, 15) is 58.8 Å². The zero-order valence-electron chi connectivity index (χ0n) is 47.3. The minimum atomic E-state index is -1.13. The van der Waals surface area contributed by atoms with Gasteiger partial charge in [-0.05, 0) is 68.0 Å². The molecular formula is C57H76N10O17. The number of amides is 7. The monoisotopic (exact) mass is 1170 g/mol. The number of benzene rings is 4. The van der Waals surface area contributed by atoms with Crippen molar-refractivity contribution in [1.29, 1.82) is 0 Å². The second-order valence-electron chi connectivity index (χ2n) is 18.5. The van der Waals surface area contributed by atoms with Crippen LogP contribution in [0.4, 0.5) is 0 Å². The fourth-order valence-corrected chi connectivity index (χ4v) is 8.19. The number of hydrogen-bond donors (Lipinski definition) is 13. The second-order valence-corrected chi connectivity index (χ2v) is 18.5. The first-order valence-corrected chi connectivity index (χ1v) is 26.8. The van der Waals surface area contributed by atoms with Crippen LogP contribution in [-0.2, 0) is 23.7 Å². The molecule has 0 unspecified atom stereocenters. The van der Waals surface area contributed by atoms with Gasteiger partial charge in [-0.1, -0.05) is 30.8 Å². The zero-order valence-corrected chi connectivity index (χ0v) is 47.3. The lowest BCUT2D eigenvalue weighted by Gasteiger charge is -2.26. The minimum Gasteiger partial charge on any atom is -0.506 e. The summed E-state index contributed by atoms with van der Waals surface area (Å²) in [6.07, 6.45) is 0.423. The number of carboxylic acids is 1. The molecule has 7 amide bonds. The highest BCUT2D eigenvalue weighted by atomic mass is 16.5. The number of methoxy groups -OCH3 is 3. The normalized spacial score (nSPS) is 10.9. The lowest BCUT2D eigenvalue weighted by molar-refractivity contribution is -0.142. The van der Waals surface area contributed by atoms with E-state index in [4.69, 9.17) is 24.1 Å². The number of phenolic OH excluding ortho intramolecular Hbond substituents is 4. The number of carboxylic acid groups (broad SMARTS) is 1. The summed E-state index contributed by atoms with van der Waals surface area (Å²) in [6.45, 7) is 6.43. The molecule has 0 aliphatic heterocycles. The minimum absolute atomic E-state index is 0.0286. The van der Waals surface area contributed by atoms with E-state index < -0.39 is 71.2 Å². The van der Waals surface area contributed by atoms with E-state index in [-0.39, 0.29) is 161 Å². The number of carbonyl (C=O) groups excluding carboxylic acids is 7. The van der Waals surface area contributed by atoms with E-state index in [0.29, 0.717) is 19.5 Å². The van der Waals surface area contributed by atoms with Crippen molar-refractivity contribution in [2.45, 2.75) is 6.42 Å². The van der Waals surface area contributed by atoms with Crippen molar-refractivity contribution < 1.29 is 82.8 Å². The Kier molecular flexibility index (Phi) is 29.4. The molecule has 4 aromatic rings. The Balaban J connectivity index is 1.51. The fourth-order valence-electron chi connectivity index (χ4n) is 8.19. The van der Waals surface area contributed by atoms with Crippen LogP contribution >= 0.6 is 0 Å². The number of aromatic hydroxyl groups is 4. The quantitative estimate of drug-likeness (QED) is 0.0267. The van der Waals surface area contributed by atoms with Gasteiger partial charge in [0.25, 0.3) is 41.4 Å². The average Bonchev–Trinajstić information content (AvgIpc) is 3.40. The lowest BCUT2D eigenvalue weighted by atomic mass is 10.1. The van der Waals surface area contributed by atoms with Crippen molar-refractivity contribution in [3.63, 3.8) is 0 Å². The predicted molar refractivity (Wildman–Crippen MR) is 307 cm³/mol. The summed E-state index contributed by atoms with van der Waals surface area (Å²) in [6, 6.07) is 17.1. The van der Waals surface area contributed by atoms with Crippen LogP contribution < -0.4 is 42.5 Å². The van der Waals surface area contributed by atoms with Gasteiger partial charge in [-0.25, -0.2) is 4.79 Å². The highest BCUT2D eigenvalue weighted by Gasteiger charge is 2.23. The molecule has 0 atom stereocenters. The lowest BCUT2D eigenvalue weighted by Crippen LogP contribution is -2.42. The van der Waals surface area contributed by atoms with Gasteiger partial charge < -0.3 is 87.0 Å². The van der Waals surface area contributed by atoms with Crippen molar-refractivity contribution >= 4 is 53.0 Å². The van der Waals surface area contributed by atoms with E-state index in [2.05, 4.69) is 49.1 Å². The third-order valence-electron chi connectivity index (χ3n) is 12.6. The van der Waals surface area contributed by atoms with Gasteiger partial charge >= 0.3 is 5.97 Å². The molecular weight excluding hydrogens is 1100 g/mol. The van der Waals surface area contributed by atoms with Crippen LogP contribution in [0.25, 0.3) is 5.70 Å². The molecule has 0 saturated carbocycles. The Morgan fingerprint density at radius 3 is 0.905 bits per heavy atom. The molecule has 0 fully saturated rings. The van der Waals surface area contributed by atoms with Crippen LogP contribution in [0.5, 0.6) is 23.0 Å². The molecule has 0 radical (unpaired) electrons. The molecule has 27 heteroatoms. The standard InChI is InChI=1S/C57H76N10O17/c1-37(58-25-35-84-36-46(68)69)38-10-5-11-39(47(38)70)51(74)59-18-28-66(29-19-60-52(75)40-12-6-15-43(48(40)71)55(78)63-22-32-81-2)26-9-27-67(30-20-61-53(76)41-13-7-16-44(49(41)72)56(79)64-23-33-82-3)31-21-62-54(77)42-14-8-17-45(50(42)73)57(80)65-24-34-83-4/h5-8,10-17,58,70-73H,1,9,18-36H2,2-4H3,(H,59,74)(H,60,75)(H,61,76)(H,62,77)(H,63,78)(H,64,79)(H,65,80)(H,68,69). The summed E-state index contributed by atoms with van der Waals surface area (Å²) in [4.78, 5) is 107. The highest BCUT2D eigenvalue weighted by molar-refractivity contribution is 6.06. The van der Waals surface area contributed by atoms with Crippen LogP contribution in [0.1, 0.15) is 84.5 Å². The Morgan fingerprint density at radius 1 is 0.381 bits per heavy atom. The first-order valence-electron chi connectivity index (χ1n) is 26.8. The summed E-state index contributed by atoms with van der Waals surface area (Å²) in [5, 5.41) is 74.7. The molecule has 0 aromatic heterocycles. The number of para-hydroxylation sites is 4. The Hall–Kier alpha value is -8.86. The molecule has 456 valence electrons. The Bertz CT molecular complexity index is 2800. The van der Waals surface area contributed by atoms with Gasteiger partial charge in [-0.15, -0.1) is 0 Å². The number of hydrogen-bond acceptors (Lipinski definition) is 19. The van der Waals surface area contributed by atoms with Crippen LogP contribution in [0, 0.1) is 0 Å². The van der Waals surface area contributed by atoms with Gasteiger partial charge in [0.05, 0.1) is 65.4 Å². The molecule has 0 saturated heterocycles. The summed E-state index contributed by atoms with van der Waals surface area (Å²) < 4.78 is 19.9. The number of ether oxygens (including phenoxy) is 4. The molecule has 84 heavy (non-hydrogen) atoms. The number of phenols is 4. The maximum absolute atomic E-state index is 13.6. The van der Waals surface area contributed by atoms with E-state index in [1.54, 1.807) is 12.1 Å². The largest absolute Gasteiger partial charge is 0.506 e. The van der Waals surface area contributed by atoms with Crippen molar-refractivity contribution in [1.82, 2.24) is 52.3 Å². The molecule has 0 bridgehead atoms. The molecule has 4 rings (SSSR count). The number of rotatable bonds is 39. The number of carbonyl (C=O) groups is 8. The summed E-state index contributed by atoms with van der Waals surface area (Å²) >= 11 is 0. The van der Waals surface area contributed by atoms with E-state index >= 15 is 0 Å². The van der Waals surface area contributed by atoms with Crippen molar-refractivity contribution in [2.75, 3.05) is 146 Å². The molecule has 0 spiro atoms. The number of nitrogens with one attached hydrogen (secondary N) is 8. The smallest absolute Gasteiger partial charge is 0.329 e. The zero-order chi connectivity index (χ0) is 61.4. The predicted octanol–water partition coefficient (Wildman–Crippen LogP) is 0.313. The van der Waals surface area contributed by atoms with Crippen molar-refractivity contribution in [3.05, 3.63) is 124 Å². The first-order chi connectivity index (χ1) is 40.4. The molecule has 27 nitrogen and oxygen atoms in total. The molecule has 13 N–H and O–H groups in total. The number of aliphatic carboxylic acids is 1. The van der Waals surface area contributed by atoms with Gasteiger partial charge in [0, 0.05) is 111 Å². The van der Waals surface area contributed by atoms with E-state index in [1.807, 2.05) is 9.80 Å². The third-order valence-corrected chi connectivity index (χ3v) is 12.6. The summed E-state index contributed by atoms with van der Waals surface area (Å²) in [5.74, 6) is -7.51. The van der Waals surface area contributed by atoms with E-state index in [1.165, 1.54) is 82.0 Å². The third kappa shape index (κ3) is 21.8. The molecule has 0 heterocycles. The SMILES string of the molecule is C=C(NCCOCC(=O)O)c1cccc(C(=O)NCCN(CCCN(CCNC(=O)c2cccc(C(=O)NCCOC)c2O)CCNC(=O)c2cccc(C(=O)NCCOC)c2O)CCNC(=O)c2cccc(C(=O)NCCOC)c2O)c1O. The number of nitrogens with zero attached hydrogens (tertiary/aromatic N) is 2. The topological polar surface area (TPSA) is 377 Å². The highest BCUT2D eigenvalue weighted by Crippen LogP contribution is 2.28. The van der Waals surface area contributed by atoms with Gasteiger partial charge in [0.15, 0.2) is 0 Å². The summed E-state index contributed by atoms with van der Waals surface area (Å²) in [7, 11) is 4.40. The second kappa shape index (κ2) is 36.6. The maximum Gasteiger partial charge on any atom is 0.329 e. The van der Waals surface area contributed by atoms with Gasteiger partial charge in [0.2, 0.25) is 0 Å². The first kappa shape index (κ1) is 67.6. The van der Waals surface area contributed by atoms with Crippen LogP contribution in [0.2, 0.25) is 0 Å². The van der Waals surface area contributed by atoms with Gasteiger partial charge in [0.1, 0.15) is 29.6 Å². The van der Waals surface area contributed by atoms with Crippen LogP contribution in [0.15, 0.2) is 79.4 Å². The Labute approximate surface area is 486 Å².